The number of piperidine rings is 1. The number of nitrogens with two attached hydrogens (primary N) is 1. The molecule has 3 rings (SSSR count). The SMILES string of the molecule is COc1c(N2CCCC2=O)cccc1S(=O)(=O)N[C@@H](CN)C(=O)N1CCC(O)CC1. The number of rotatable bonds is 7. The molecule has 2 aliphatic heterocycles. The van der Waals surface area contributed by atoms with E-state index < -0.39 is 28.1 Å². The second kappa shape index (κ2) is 9.29. The van der Waals surface area contributed by atoms with Crippen molar-refractivity contribution in [1.82, 2.24) is 9.62 Å². The zero-order chi connectivity index (χ0) is 21.9. The third-order valence-electron chi connectivity index (χ3n) is 5.42. The van der Waals surface area contributed by atoms with Crippen LogP contribution in [0, 0.1) is 0 Å². The standard InChI is InChI=1S/C19H28N4O6S/c1-29-18-15(23-9-3-6-17(23)25)4-2-5-16(18)30(27,28)21-14(12-20)19(26)22-10-7-13(24)8-11-22/h2,4-5,13-14,21,24H,3,6-12,20H2,1H3/t14-/m0/s1. The molecule has 4 N–H and O–H groups in total. The molecular formula is C19H28N4O6S. The summed E-state index contributed by atoms with van der Waals surface area (Å²) < 4.78 is 34.0. The second-order valence-electron chi connectivity index (χ2n) is 7.42. The highest BCUT2D eigenvalue weighted by Gasteiger charge is 2.33. The molecule has 0 bridgehead atoms. The van der Waals surface area contributed by atoms with Crippen molar-refractivity contribution in [2.75, 3.05) is 38.2 Å². The third kappa shape index (κ3) is 4.59. The molecule has 2 amide bonds. The Morgan fingerprint density at radius 2 is 2.03 bits per heavy atom. The Labute approximate surface area is 176 Å². The Kier molecular flexibility index (Phi) is 6.96. The van der Waals surface area contributed by atoms with Crippen LogP contribution in [0.1, 0.15) is 25.7 Å². The van der Waals surface area contributed by atoms with E-state index in [9.17, 15) is 23.1 Å². The van der Waals surface area contributed by atoms with E-state index in [1.54, 1.807) is 6.07 Å². The molecule has 2 fully saturated rings. The lowest BCUT2D eigenvalue weighted by atomic mass is 10.1. The highest BCUT2D eigenvalue weighted by molar-refractivity contribution is 7.89. The van der Waals surface area contributed by atoms with Crippen molar-refractivity contribution in [2.45, 2.75) is 42.7 Å². The fourth-order valence-electron chi connectivity index (χ4n) is 3.79. The van der Waals surface area contributed by atoms with Crippen LogP contribution < -0.4 is 20.1 Å². The molecular weight excluding hydrogens is 412 g/mol. The van der Waals surface area contributed by atoms with Crippen LogP contribution in [-0.2, 0) is 19.6 Å². The molecule has 0 aliphatic carbocycles. The van der Waals surface area contributed by atoms with Gasteiger partial charge in [-0.1, -0.05) is 6.07 Å². The molecule has 2 aliphatic rings. The lowest BCUT2D eigenvalue weighted by Gasteiger charge is -2.32. The number of amides is 2. The number of aliphatic hydroxyl groups excluding tert-OH is 1. The monoisotopic (exact) mass is 440 g/mol. The van der Waals surface area contributed by atoms with Crippen molar-refractivity contribution in [3.8, 4) is 5.75 Å². The number of nitrogens with one attached hydrogen (secondary N) is 1. The van der Waals surface area contributed by atoms with Gasteiger partial charge in [0, 0.05) is 32.6 Å². The summed E-state index contributed by atoms with van der Waals surface area (Å²) in [4.78, 5) is 27.7. The molecule has 0 radical (unpaired) electrons. The van der Waals surface area contributed by atoms with Gasteiger partial charge in [-0.3, -0.25) is 9.59 Å². The number of carbonyl (C=O) groups excluding carboxylic acids is 2. The van der Waals surface area contributed by atoms with Gasteiger partial charge in [-0.25, -0.2) is 8.42 Å². The minimum absolute atomic E-state index is 0.0459. The van der Waals surface area contributed by atoms with Crippen molar-refractivity contribution < 1.29 is 27.9 Å². The van der Waals surface area contributed by atoms with E-state index in [4.69, 9.17) is 10.5 Å². The number of para-hydroxylation sites is 1. The summed E-state index contributed by atoms with van der Waals surface area (Å²) >= 11 is 0. The molecule has 1 aromatic rings. The van der Waals surface area contributed by atoms with Crippen molar-refractivity contribution in [3.63, 3.8) is 0 Å². The summed E-state index contributed by atoms with van der Waals surface area (Å²) in [6.45, 7) is 0.947. The van der Waals surface area contributed by atoms with E-state index in [-0.39, 0.29) is 23.1 Å². The highest BCUT2D eigenvalue weighted by Crippen LogP contribution is 2.36. The first kappa shape index (κ1) is 22.5. The van der Waals surface area contributed by atoms with Gasteiger partial charge in [0.1, 0.15) is 10.9 Å². The summed E-state index contributed by atoms with van der Waals surface area (Å²) in [6, 6.07) is 3.38. The number of hydrogen-bond acceptors (Lipinski definition) is 7. The van der Waals surface area contributed by atoms with Crippen molar-refractivity contribution >= 4 is 27.5 Å². The third-order valence-corrected chi connectivity index (χ3v) is 6.92. The van der Waals surface area contributed by atoms with Gasteiger partial charge >= 0.3 is 0 Å². The summed E-state index contributed by atoms with van der Waals surface area (Å²) in [6.07, 6.45) is 1.51. The predicted octanol–water partition coefficient (Wildman–Crippen LogP) is -0.589. The molecule has 1 atom stereocenters. The number of methoxy groups -OCH3 is 1. The van der Waals surface area contributed by atoms with Crippen LogP contribution in [0.5, 0.6) is 5.75 Å². The molecule has 10 nitrogen and oxygen atoms in total. The topological polar surface area (TPSA) is 142 Å². The Morgan fingerprint density at radius 3 is 2.60 bits per heavy atom. The highest BCUT2D eigenvalue weighted by atomic mass is 32.2. The summed E-state index contributed by atoms with van der Waals surface area (Å²) in [5.41, 5.74) is 6.08. The normalized spacial score (nSPS) is 19.2. The van der Waals surface area contributed by atoms with Crippen LogP contribution in [0.3, 0.4) is 0 Å². The lowest BCUT2D eigenvalue weighted by molar-refractivity contribution is -0.134. The molecule has 166 valence electrons. The number of likely N-dealkylation sites (tertiary alicyclic amines) is 1. The summed E-state index contributed by atoms with van der Waals surface area (Å²) in [5.74, 6) is -0.486. The second-order valence-corrected chi connectivity index (χ2v) is 9.11. The van der Waals surface area contributed by atoms with Crippen LogP contribution >= 0.6 is 0 Å². The predicted molar refractivity (Wildman–Crippen MR) is 110 cm³/mol. The molecule has 0 unspecified atom stereocenters. The molecule has 0 aromatic heterocycles. The van der Waals surface area contributed by atoms with Crippen LogP contribution in [-0.4, -0.2) is 75.7 Å². The minimum Gasteiger partial charge on any atom is -0.493 e. The number of carbonyl (C=O) groups is 2. The van der Waals surface area contributed by atoms with Gasteiger partial charge in [0.15, 0.2) is 5.75 Å². The summed E-state index contributed by atoms with van der Waals surface area (Å²) in [7, 11) is -2.83. The lowest BCUT2D eigenvalue weighted by Crippen LogP contribution is -2.54. The van der Waals surface area contributed by atoms with E-state index in [1.807, 2.05) is 0 Å². The van der Waals surface area contributed by atoms with Gasteiger partial charge in [-0.2, -0.15) is 4.72 Å². The van der Waals surface area contributed by atoms with Gasteiger partial charge in [0.2, 0.25) is 21.8 Å². The van der Waals surface area contributed by atoms with E-state index in [1.165, 1.54) is 29.0 Å². The van der Waals surface area contributed by atoms with Crippen molar-refractivity contribution in [3.05, 3.63) is 18.2 Å². The number of hydrogen-bond donors (Lipinski definition) is 3. The molecule has 2 saturated heterocycles. The molecule has 30 heavy (non-hydrogen) atoms. The number of sulfonamides is 1. The molecule has 1 aromatic carbocycles. The number of aliphatic hydroxyl groups is 1. The maximum Gasteiger partial charge on any atom is 0.245 e. The number of benzene rings is 1. The minimum atomic E-state index is -4.17. The Balaban J connectivity index is 1.85. The van der Waals surface area contributed by atoms with Crippen molar-refractivity contribution in [2.24, 2.45) is 5.73 Å². The van der Waals surface area contributed by atoms with E-state index >= 15 is 0 Å². The summed E-state index contributed by atoms with van der Waals surface area (Å²) in [5, 5.41) is 9.62. The first-order valence-corrected chi connectivity index (χ1v) is 11.4. The van der Waals surface area contributed by atoms with Crippen molar-refractivity contribution in [1.29, 1.82) is 0 Å². The molecule has 2 heterocycles. The van der Waals surface area contributed by atoms with E-state index in [2.05, 4.69) is 4.72 Å². The Hall–Kier alpha value is -2.21. The number of ether oxygens (including phenoxy) is 1. The molecule has 0 spiro atoms. The maximum atomic E-state index is 13.1. The number of anilines is 1. The van der Waals surface area contributed by atoms with Crippen LogP contribution in [0.15, 0.2) is 23.1 Å². The van der Waals surface area contributed by atoms with Crippen LogP contribution in [0.4, 0.5) is 5.69 Å². The average Bonchev–Trinajstić information content (AvgIpc) is 3.17. The average molecular weight is 441 g/mol. The Bertz CT molecular complexity index is 898. The molecule has 11 heteroatoms. The first-order valence-electron chi connectivity index (χ1n) is 9.95. The van der Waals surface area contributed by atoms with Crippen LogP contribution in [0.25, 0.3) is 0 Å². The molecule has 0 saturated carbocycles. The zero-order valence-corrected chi connectivity index (χ0v) is 17.7. The fraction of sp³-hybridized carbons (Fsp3) is 0.579. The maximum absolute atomic E-state index is 13.1. The number of nitrogens with zero attached hydrogens (tertiary/aromatic N) is 2. The Morgan fingerprint density at radius 1 is 1.33 bits per heavy atom. The van der Waals surface area contributed by atoms with Gasteiger partial charge in [-0.05, 0) is 31.4 Å². The van der Waals surface area contributed by atoms with E-state index in [0.29, 0.717) is 51.0 Å². The zero-order valence-electron chi connectivity index (χ0n) is 16.9. The van der Waals surface area contributed by atoms with Gasteiger partial charge in [0.25, 0.3) is 0 Å². The van der Waals surface area contributed by atoms with Gasteiger partial charge in [0.05, 0.1) is 18.9 Å². The van der Waals surface area contributed by atoms with Crippen LogP contribution in [0.2, 0.25) is 0 Å². The fourth-order valence-corrected chi connectivity index (χ4v) is 5.18. The van der Waals surface area contributed by atoms with E-state index in [0.717, 1.165) is 0 Å². The quantitative estimate of drug-likeness (QED) is 0.514. The van der Waals surface area contributed by atoms with Gasteiger partial charge in [-0.15, -0.1) is 0 Å². The largest absolute Gasteiger partial charge is 0.493 e. The van der Waals surface area contributed by atoms with Gasteiger partial charge < -0.3 is 25.4 Å². The smallest absolute Gasteiger partial charge is 0.245 e. The first-order chi connectivity index (χ1) is 14.3.